The van der Waals surface area contributed by atoms with Crippen LogP contribution in [0.25, 0.3) is 0 Å². The van der Waals surface area contributed by atoms with Crippen molar-refractivity contribution in [3.63, 3.8) is 0 Å². The number of Topliss-reactive ketones (excluding diaryl/α,β-unsaturated/α-hetero) is 1. The zero-order chi connectivity index (χ0) is 40.6. The van der Waals surface area contributed by atoms with Gasteiger partial charge in [0, 0.05) is 31.1 Å². The summed E-state index contributed by atoms with van der Waals surface area (Å²) in [6.07, 6.45) is 36.8. The van der Waals surface area contributed by atoms with Gasteiger partial charge in [0.2, 0.25) is 0 Å². The Hall–Kier alpha value is -3.18. The van der Waals surface area contributed by atoms with E-state index in [9.17, 15) is 29.2 Å². The molecular weight excluding hydrogens is 723 g/mol. The molecule has 0 aromatic heterocycles. The first-order valence-electron chi connectivity index (χ1n) is 20.0. The molecule has 0 spiro atoms. The summed E-state index contributed by atoms with van der Waals surface area (Å²) < 4.78 is 26.2. The van der Waals surface area contributed by atoms with Crippen molar-refractivity contribution in [1.82, 2.24) is 0 Å². The van der Waals surface area contributed by atoms with Crippen LogP contribution in [0.4, 0.5) is 0 Å². The number of aliphatic hydroxyl groups excluding tert-OH is 2. The minimum absolute atomic E-state index is 0.0397. The molecule has 0 unspecified atom stereocenters. The molecule has 0 aromatic rings. The molecule has 11 nitrogen and oxygen atoms in total. The van der Waals surface area contributed by atoms with Crippen LogP contribution in [0.15, 0.2) is 85.1 Å². The van der Waals surface area contributed by atoms with Gasteiger partial charge in [0.25, 0.3) is 0 Å². The topological polar surface area (TPSA) is 177 Å². The van der Waals surface area contributed by atoms with Crippen molar-refractivity contribution < 1.29 is 52.9 Å². The number of unbranched alkanes of at least 4 members (excludes halogenated alkanes) is 4. The number of esters is 2. The van der Waals surface area contributed by atoms with Crippen LogP contribution in [0, 0.1) is 11.8 Å². The van der Waals surface area contributed by atoms with Crippen LogP contribution in [0.2, 0.25) is 0 Å². The van der Waals surface area contributed by atoms with Gasteiger partial charge in [0.15, 0.2) is 6.10 Å². The van der Waals surface area contributed by atoms with Crippen molar-refractivity contribution in [3.05, 3.63) is 85.1 Å². The number of hydrogen-bond acceptors (Lipinski definition) is 9. The summed E-state index contributed by atoms with van der Waals surface area (Å²) >= 11 is 0. The first-order valence-corrected chi connectivity index (χ1v) is 21.5. The fourth-order valence-corrected chi connectivity index (χ4v) is 6.10. The molecule has 1 aliphatic carbocycles. The van der Waals surface area contributed by atoms with E-state index < -0.39 is 57.2 Å². The molecule has 1 aliphatic rings. The number of allylic oxidation sites excluding steroid dienone is 13. The zero-order valence-corrected chi connectivity index (χ0v) is 33.9. The van der Waals surface area contributed by atoms with Crippen LogP contribution >= 0.6 is 7.82 Å². The van der Waals surface area contributed by atoms with Gasteiger partial charge in [-0.05, 0) is 70.6 Å². The van der Waals surface area contributed by atoms with E-state index in [1.54, 1.807) is 12.2 Å². The van der Waals surface area contributed by atoms with Crippen LogP contribution in [-0.4, -0.2) is 69.2 Å². The van der Waals surface area contributed by atoms with Crippen molar-refractivity contribution in [2.24, 2.45) is 11.8 Å². The SMILES string of the molecule is CC/C=C\C/C=C\C/C=C\C/C=C\C/C=C\CCCC(=O)O[C@H](COC(=O)CCC/C=C\C[C@H]1[C@@H](O)CC(=O)[C@@H]1/C=C/[C@@H](O)CCCCC)COP(=O)(O)O. The van der Waals surface area contributed by atoms with E-state index in [0.29, 0.717) is 38.5 Å². The summed E-state index contributed by atoms with van der Waals surface area (Å²) in [5, 5.41) is 20.6. The summed E-state index contributed by atoms with van der Waals surface area (Å²) in [6, 6.07) is 0. The van der Waals surface area contributed by atoms with E-state index in [4.69, 9.17) is 19.3 Å². The lowest BCUT2D eigenvalue weighted by molar-refractivity contribution is -0.161. The van der Waals surface area contributed by atoms with Gasteiger partial charge >= 0.3 is 19.8 Å². The number of aliphatic hydroxyl groups is 2. The molecule has 0 heterocycles. The average Bonchev–Trinajstić information content (AvgIpc) is 3.41. The van der Waals surface area contributed by atoms with E-state index in [0.717, 1.165) is 51.4 Å². The van der Waals surface area contributed by atoms with Crippen molar-refractivity contribution in [2.75, 3.05) is 13.2 Å². The average molecular weight is 791 g/mol. The van der Waals surface area contributed by atoms with Crippen LogP contribution in [0.1, 0.15) is 123 Å². The number of carbonyl (C=O) groups is 3. The maximum atomic E-state index is 12.4. The van der Waals surface area contributed by atoms with Gasteiger partial charge in [-0.25, -0.2) is 4.57 Å². The number of phosphoric ester groups is 1. The summed E-state index contributed by atoms with van der Waals surface area (Å²) in [5.41, 5.74) is 0. The molecule has 5 atom stereocenters. The van der Waals surface area contributed by atoms with Gasteiger partial charge in [0.1, 0.15) is 12.4 Å². The molecule has 1 rings (SSSR count). The second-order valence-corrected chi connectivity index (χ2v) is 14.9. The molecule has 4 N–H and O–H groups in total. The molecular formula is C43H67O11P. The van der Waals surface area contributed by atoms with Gasteiger partial charge in [0.05, 0.1) is 18.8 Å². The summed E-state index contributed by atoms with van der Waals surface area (Å²) in [4.78, 5) is 55.4. The van der Waals surface area contributed by atoms with Gasteiger partial charge < -0.3 is 29.5 Å². The van der Waals surface area contributed by atoms with Gasteiger partial charge in [-0.15, -0.1) is 0 Å². The highest BCUT2D eigenvalue weighted by Gasteiger charge is 2.39. The highest BCUT2D eigenvalue weighted by atomic mass is 31.2. The second kappa shape index (κ2) is 32.0. The summed E-state index contributed by atoms with van der Waals surface area (Å²) in [6.45, 7) is 3.17. The van der Waals surface area contributed by atoms with Gasteiger partial charge in [-0.1, -0.05) is 118 Å². The van der Waals surface area contributed by atoms with E-state index in [-0.39, 0.29) is 31.0 Å². The number of carbonyl (C=O) groups excluding carboxylic acids is 3. The predicted octanol–water partition coefficient (Wildman–Crippen LogP) is 8.65. The van der Waals surface area contributed by atoms with Gasteiger partial charge in [-0.3, -0.25) is 18.9 Å². The van der Waals surface area contributed by atoms with Crippen LogP contribution < -0.4 is 0 Å². The van der Waals surface area contributed by atoms with Gasteiger partial charge in [-0.2, -0.15) is 0 Å². The smallest absolute Gasteiger partial charge is 0.462 e. The highest BCUT2D eigenvalue weighted by molar-refractivity contribution is 7.46. The van der Waals surface area contributed by atoms with Crippen molar-refractivity contribution >= 4 is 25.5 Å². The quantitative estimate of drug-likeness (QED) is 0.0229. The number of ether oxygens (including phenoxy) is 2. The fraction of sp³-hybridized carbons (Fsp3) is 0.605. The molecule has 310 valence electrons. The maximum Gasteiger partial charge on any atom is 0.469 e. The number of ketones is 1. The Morgan fingerprint density at radius 3 is 1.93 bits per heavy atom. The number of rotatable bonds is 31. The Balaban J connectivity index is 2.36. The third-order valence-electron chi connectivity index (χ3n) is 8.77. The lowest BCUT2D eigenvalue weighted by Gasteiger charge is -2.18. The van der Waals surface area contributed by atoms with E-state index in [2.05, 4.69) is 67.0 Å². The molecule has 0 bridgehead atoms. The van der Waals surface area contributed by atoms with Crippen LogP contribution in [0.5, 0.6) is 0 Å². The minimum Gasteiger partial charge on any atom is -0.462 e. The Labute approximate surface area is 329 Å². The Morgan fingerprint density at radius 2 is 1.35 bits per heavy atom. The summed E-state index contributed by atoms with van der Waals surface area (Å²) in [5.74, 6) is -1.93. The third-order valence-corrected chi connectivity index (χ3v) is 9.26. The normalized spacial score (nSPS) is 19.5. The molecule has 12 heteroatoms. The molecule has 0 amide bonds. The highest BCUT2D eigenvalue weighted by Crippen LogP contribution is 2.36. The Bertz CT molecular complexity index is 1320. The number of phosphoric acid groups is 1. The first-order chi connectivity index (χ1) is 26.5. The standard InChI is InChI=1S/C43H67O11P/c1-3-5-7-8-9-10-11-12-13-14-15-16-17-18-19-20-26-30-43(48)54-37(35-53-55(49,50)51)34-52-42(47)29-25-22-21-24-28-38-39(41(46)33-40(38)45)32-31-36(44)27-23-6-4-2/h5,7,9-10,12-13,15-16,18-19,21,24,31-32,36-40,44-45H,3-4,6,8,11,14,17,20,22-23,25-30,33-35H2,1-2H3,(H2,49,50,51)/b7-5-,10-9-,13-12-,16-15-,19-18-,24-21-,32-31+/t36-,37+,38+,39+,40-/m0/s1. The predicted molar refractivity (Wildman–Crippen MR) is 217 cm³/mol. The monoisotopic (exact) mass is 790 g/mol. The Kier molecular flexibility index (Phi) is 29.0. The van der Waals surface area contributed by atoms with E-state index in [1.165, 1.54) is 0 Å². The third kappa shape index (κ3) is 28.0. The minimum atomic E-state index is -4.84. The molecule has 1 saturated carbocycles. The molecule has 0 aromatic carbocycles. The lowest BCUT2D eigenvalue weighted by Crippen LogP contribution is -2.29. The van der Waals surface area contributed by atoms with Crippen molar-refractivity contribution in [1.29, 1.82) is 0 Å². The largest absolute Gasteiger partial charge is 0.469 e. The van der Waals surface area contributed by atoms with E-state index in [1.807, 2.05) is 24.3 Å². The first kappa shape index (κ1) is 49.8. The second-order valence-electron chi connectivity index (χ2n) is 13.7. The van der Waals surface area contributed by atoms with Crippen molar-refractivity contribution in [2.45, 2.75) is 141 Å². The molecule has 0 saturated heterocycles. The van der Waals surface area contributed by atoms with Crippen LogP contribution in [0.3, 0.4) is 0 Å². The molecule has 0 aliphatic heterocycles. The molecule has 1 fully saturated rings. The van der Waals surface area contributed by atoms with E-state index >= 15 is 0 Å². The maximum absolute atomic E-state index is 12.4. The molecule has 55 heavy (non-hydrogen) atoms. The molecule has 0 radical (unpaired) electrons. The number of hydrogen-bond donors (Lipinski definition) is 4. The Morgan fingerprint density at radius 1 is 0.782 bits per heavy atom. The zero-order valence-electron chi connectivity index (χ0n) is 33.0. The van der Waals surface area contributed by atoms with Crippen molar-refractivity contribution in [3.8, 4) is 0 Å². The summed E-state index contributed by atoms with van der Waals surface area (Å²) in [7, 11) is -4.84. The lowest BCUT2D eigenvalue weighted by atomic mass is 9.90. The van der Waals surface area contributed by atoms with Crippen LogP contribution in [-0.2, 0) is 32.9 Å². The fourth-order valence-electron chi connectivity index (χ4n) is 5.74.